The zero-order valence-corrected chi connectivity index (χ0v) is 16.0. The van der Waals surface area contributed by atoms with Gasteiger partial charge in [0.05, 0.1) is 17.3 Å². The van der Waals surface area contributed by atoms with Gasteiger partial charge in [0.15, 0.2) is 0 Å². The van der Waals surface area contributed by atoms with Gasteiger partial charge < -0.3 is 19.7 Å². The molecule has 2 aliphatic heterocycles. The van der Waals surface area contributed by atoms with Crippen LogP contribution in [0, 0.1) is 11.8 Å². The summed E-state index contributed by atoms with van der Waals surface area (Å²) >= 11 is 2.08. The molecule has 0 amide bonds. The predicted octanol–water partition coefficient (Wildman–Crippen LogP) is 2.06. The lowest BCUT2D eigenvalue weighted by Gasteiger charge is -2.43. The van der Waals surface area contributed by atoms with E-state index in [0.29, 0.717) is 6.42 Å². The van der Waals surface area contributed by atoms with Crippen molar-refractivity contribution in [3.8, 4) is 0 Å². The van der Waals surface area contributed by atoms with E-state index in [4.69, 9.17) is 9.47 Å². The molecule has 6 unspecified atom stereocenters. The Morgan fingerprint density at radius 3 is 2.27 bits per heavy atom. The SMILES string of the molecule is CCC(I)C(=O)OC1CC2OC1C(C(C)(C)O)C2C(C)(C)O. The number of halogens is 1. The Morgan fingerprint density at radius 2 is 1.82 bits per heavy atom. The maximum absolute atomic E-state index is 12.0. The molecule has 0 spiro atoms. The van der Waals surface area contributed by atoms with Crippen molar-refractivity contribution < 1.29 is 24.5 Å². The van der Waals surface area contributed by atoms with Crippen LogP contribution in [0.2, 0.25) is 0 Å². The average Bonchev–Trinajstić information content (AvgIpc) is 2.93. The molecule has 0 radical (unpaired) electrons. The van der Waals surface area contributed by atoms with Gasteiger partial charge in [-0.2, -0.15) is 0 Å². The van der Waals surface area contributed by atoms with E-state index >= 15 is 0 Å². The van der Waals surface area contributed by atoms with E-state index in [9.17, 15) is 15.0 Å². The zero-order valence-electron chi connectivity index (χ0n) is 13.9. The first kappa shape index (κ1) is 18.4. The smallest absolute Gasteiger partial charge is 0.319 e. The van der Waals surface area contributed by atoms with Gasteiger partial charge in [0.1, 0.15) is 16.1 Å². The molecule has 2 bridgehead atoms. The van der Waals surface area contributed by atoms with Crippen LogP contribution in [0.15, 0.2) is 0 Å². The largest absolute Gasteiger partial charge is 0.459 e. The summed E-state index contributed by atoms with van der Waals surface area (Å²) in [7, 11) is 0. The first-order valence-corrected chi connectivity index (χ1v) is 9.16. The van der Waals surface area contributed by atoms with Gasteiger partial charge in [0, 0.05) is 18.3 Å². The van der Waals surface area contributed by atoms with Gasteiger partial charge in [-0.1, -0.05) is 29.5 Å². The molecule has 2 N–H and O–H groups in total. The summed E-state index contributed by atoms with van der Waals surface area (Å²) in [5, 5.41) is 21.0. The molecule has 2 heterocycles. The molecule has 2 saturated heterocycles. The molecule has 22 heavy (non-hydrogen) atoms. The predicted molar refractivity (Wildman–Crippen MR) is 90.8 cm³/mol. The standard InChI is InChI=1S/C16H27IO5/c1-6-8(17)14(18)22-10-7-9-11(15(2,3)19)12(13(10)21-9)16(4,5)20/h8-13,19-20H,6-7H2,1-5H3. The highest BCUT2D eigenvalue weighted by Crippen LogP contribution is 2.52. The Morgan fingerprint density at radius 1 is 1.27 bits per heavy atom. The molecule has 2 fully saturated rings. The normalized spacial score (nSPS) is 36.5. The van der Waals surface area contributed by atoms with Crippen molar-refractivity contribution in [3.05, 3.63) is 0 Å². The van der Waals surface area contributed by atoms with Crippen LogP contribution in [-0.2, 0) is 14.3 Å². The summed E-state index contributed by atoms with van der Waals surface area (Å²) in [6.07, 6.45) is 0.434. The fourth-order valence-electron chi connectivity index (χ4n) is 3.93. The van der Waals surface area contributed by atoms with E-state index in [1.54, 1.807) is 27.7 Å². The van der Waals surface area contributed by atoms with Crippen LogP contribution >= 0.6 is 22.6 Å². The molecule has 128 valence electrons. The zero-order chi connectivity index (χ0) is 16.9. The molecule has 5 nitrogen and oxygen atoms in total. The summed E-state index contributed by atoms with van der Waals surface area (Å²) in [6, 6.07) is 0. The van der Waals surface area contributed by atoms with Crippen molar-refractivity contribution in [2.24, 2.45) is 11.8 Å². The molecular formula is C16H27IO5. The molecule has 6 heteroatoms. The van der Waals surface area contributed by atoms with E-state index in [1.165, 1.54) is 0 Å². The fourth-order valence-corrected chi connectivity index (χ4v) is 4.08. The van der Waals surface area contributed by atoms with E-state index in [2.05, 4.69) is 22.6 Å². The number of rotatable bonds is 5. The van der Waals surface area contributed by atoms with Crippen LogP contribution in [0.3, 0.4) is 0 Å². The monoisotopic (exact) mass is 426 g/mol. The second-order valence-electron chi connectivity index (χ2n) is 7.58. The highest BCUT2D eigenvalue weighted by Gasteiger charge is 2.63. The van der Waals surface area contributed by atoms with E-state index < -0.39 is 11.2 Å². The van der Waals surface area contributed by atoms with Crippen LogP contribution in [0.4, 0.5) is 0 Å². The number of ether oxygens (including phenoxy) is 2. The highest BCUT2D eigenvalue weighted by atomic mass is 127. The highest BCUT2D eigenvalue weighted by molar-refractivity contribution is 14.1. The van der Waals surface area contributed by atoms with E-state index in [1.807, 2.05) is 6.92 Å². The van der Waals surface area contributed by atoms with Gasteiger partial charge in [0.25, 0.3) is 0 Å². The number of carbonyl (C=O) groups excluding carboxylic acids is 1. The lowest BCUT2D eigenvalue weighted by Crippen LogP contribution is -2.54. The summed E-state index contributed by atoms with van der Waals surface area (Å²) in [5.41, 5.74) is -1.96. The van der Waals surface area contributed by atoms with Gasteiger partial charge in [0.2, 0.25) is 0 Å². The molecule has 2 aliphatic rings. The lowest BCUT2D eigenvalue weighted by molar-refractivity contribution is -0.157. The second kappa shape index (κ2) is 6.18. The molecule has 2 rings (SSSR count). The Balaban J connectivity index is 2.18. The van der Waals surface area contributed by atoms with Crippen LogP contribution in [0.5, 0.6) is 0 Å². The summed E-state index contributed by atoms with van der Waals surface area (Å²) in [6.45, 7) is 8.90. The number of carbonyl (C=O) groups is 1. The lowest BCUT2D eigenvalue weighted by atomic mass is 9.65. The summed E-state index contributed by atoms with van der Waals surface area (Å²) in [5.74, 6) is -0.661. The third-order valence-electron chi connectivity index (χ3n) is 4.82. The van der Waals surface area contributed by atoms with Gasteiger partial charge in [-0.05, 0) is 34.1 Å². The maximum Gasteiger partial charge on any atom is 0.319 e. The Hall–Kier alpha value is 0.0800. The maximum atomic E-state index is 12.0. The van der Waals surface area contributed by atoms with Crippen LogP contribution < -0.4 is 0 Å². The minimum absolute atomic E-state index is 0.164. The number of esters is 1. The van der Waals surface area contributed by atoms with Gasteiger partial charge in [-0.3, -0.25) is 4.79 Å². The first-order chi connectivity index (χ1) is 9.96. The molecule has 0 aromatic heterocycles. The first-order valence-electron chi connectivity index (χ1n) is 7.91. The van der Waals surface area contributed by atoms with Crippen molar-refractivity contribution in [1.29, 1.82) is 0 Å². The van der Waals surface area contributed by atoms with Crippen molar-refractivity contribution in [1.82, 2.24) is 0 Å². The minimum atomic E-state index is -1.01. The number of aliphatic hydroxyl groups is 2. The number of alkyl halides is 1. The summed E-state index contributed by atoms with van der Waals surface area (Å²) < 4.78 is 11.4. The quantitative estimate of drug-likeness (QED) is 0.400. The van der Waals surface area contributed by atoms with Crippen molar-refractivity contribution in [3.63, 3.8) is 0 Å². The molecular weight excluding hydrogens is 399 g/mol. The Kier molecular flexibility index (Phi) is 5.18. The van der Waals surface area contributed by atoms with Crippen LogP contribution in [0.1, 0.15) is 47.5 Å². The van der Waals surface area contributed by atoms with Crippen molar-refractivity contribution in [2.45, 2.75) is 80.9 Å². The minimum Gasteiger partial charge on any atom is -0.459 e. The Bertz CT molecular complexity index is 425. The Labute approximate surface area is 145 Å². The topological polar surface area (TPSA) is 76.0 Å². The van der Waals surface area contributed by atoms with E-state index in [-0.39, 0.29) is 40.0 Å². The van der Waals surface area contributed by atoms with Gasteiger partial charge in [-0.15, -0.1) is 0 Å². The molecule has 6 atom stereocenters. The van der Waals surface area contributed by atoms with Gasteiger partial charge >= 0.3 is 5.97 Å². The third-order valence-corrected chi connectivity index (χ3v) is 6.21. The molecule has 0 aromatic carbocycles. The third kappa shape index (κ3) is 3.44. The van der Waals surface area contributed by atoms with Gasteiger partial charge in [-0.25, -0.2) is 0 Å². The fraction of sp³-hybridized carbons (Fsp3) is 0.938. The van der Waals surface area contributed by atoms with Crippen LogP contribution in [0.25, 0.3) is 0 Å². The van der Waals surface area contributed by atoms with Crippen LogP contribution in [-0.4, -0.2) is 49.6 Å². The van der Waals surface area contributed by atoms with Crippen molar-refractivity contribution in [2.75, 3.05) is 0 Å². The van der Waals surface area contributed by atoms with E-state index in [0.717, 1.165) is 6.42 Å². The second-order valence-corrected chi connectivity index (χ2v) is 9.09. The molecule has 0 aliphatic carbocycles. The molecule has 0 aromatic rings. The number of hydrogen-bond acceptors (Lipinski definition) is 5. The summed E-state index contributed by atoms with van der Waals surface area (Å²) in [4.78, 5) is 12.0. The molecule has 0 saturated carbocycles. The number of hydrogen-bond donors (Lipinski definition) is 2. The van der Waals surface area contributed by atoms with Crippen molar-refractivity contribution >= 4 is 28.6 Å². The average molecular weight is 426 g/mol. The number of fused-ring (bicyclic) bond motifs is 2.